The van der Waals surface area contributed by atoms with Crippen molar-refractivity contribution in [2.45, 2.75) is 6.42 Å². The highest BCUT2D eigenvalue weighted by Crippen LogP contribution is 2.14. The molecule has 0 fully saturated rings. The summed E-state index contributed by atoms with van der Waals surface area (Å²) in [6.45, 7) is 0. The normalized spacial score (nSPS) is 10.2. The van der Waals surface area contributed by atoms with Gasteiger partial charge in [-0.15, -0.1) is 11.3 Å². The fourth-order valence-electron chi connectivity index (χ4n) is 1.06. The largest absolute Gasteiger partial charge is 0.241 e. The second-order valence-electron chi connectivity index (χ2n) is 2.59. The molecule has 0 radical (unpaired) electrons. The van der Waals surface area contributed by atoms with Gasteiger partial charge in [0.1, 0.15) is 10.9 Å². The molecule has 4 heteroatoms. The molecule has 0 N–H and O–H groups in total. The lowest BCUT2D eigenvalue weighted by molar-refractivity contribution is 1.03. The predicted molar refractivity (Wildman–Crippen MR) is 56.9 cm³/mol. The molecule has 2 aromatic rings. The molecular weight excluding hydrogens is 248 g/mol. The average molecular weight is 255 g/mol. The molecule has 0 aliphatic carbocycles. The molecule has 0 aromatic carbocycles. The summed E-state index contributed by atoms with van der Waals surface area (Å²) >= 11 is 5.07. The van der Waals surface area contributed by atoms with E-state index in [1.807, 2.05) is 6.07 Å². The van der Waals surface area contributed by atoms with Crippen LogP contribution in [0.25, 0.3) is 0 Å². The van der Waals surface area contributed by atoms with E-state index in [1.54, 1.807) is 17.7 Å². The third kappa shape index (κ3) is 2.35. The topological polar surface area (TPSA) is 25.8 Å². The summed E-state index contributed by atoms with van der Waals surface area (Å²) in [5.74, 6) is 0. The third-order valence-electron chi connectivity index (χ3n) is 1.63. The highest BCUT2D eigenvalue weighted by Gasteiger charge is 1.99. The minimum atomic E-state index is 0.842. The lowest BCUT2D eigenvalue weighted by atomic mass is 10.2. The molecule has 0 aliphatic heterocycles. The number of hydrogen-bond acceptors (Lipinski definition) is 3. The Bertz CT molecular complexity index is 386. The van der Waals surface area contributed by atoms with Crippen molar-refractivity contribution < 1.29 is 0 Å². The second-order valence-corrected chi connectivity index (χ2v) is 4.43. The van der Waals surface area contributed by atoms with Gasteiger partial charge in [0.2, 0.25) is 0 Å². The molecule has 0 spiro atoms. The highest BCUT2D eigenvalue weighted by atomic mass is 79.9. The summed E-state index contributed by atoms with van der Waals surface area (Å²) in [6.07, 6.45) is 2.46. The van der Waals surface area contributed by atoms with Crippen LogP contribution in [-0.2, 0) is 6.42 Å². The standard InChI is InChI=1S/C9H7BrN2S/c10-9-5-7(11-6-12-9)4-8-2-1-3-13-8/h1-3,5-6H,4H2. The first-order chi connectivity index (χ1) is 6.34. The van der Waals surface area contributed by atoms with Crippen molar-refractivity contribution in [1.29, 1.82) is 0 Å². The zero-order valence-corrected chi connectivity index (χ0v) is 9.18. The Kier molecular flexibility index (Phi) is 2.71. The number of rotatable bonds is 2. The van der Waals surface area contributed by atoms with Crippen LogP contribution in [0.1, 0.15) is 10.6 Å². The molecular formula is C9H7BrN2S. The molecule has 0 saturated carbocycles. The van der Waals surface area contributed by atoms with E-state index in [0.717, 1.165) is 16.7 Å². The number of nitrogens with zero attached hydrogens (tertiary/aromatic N) is 2. The smallest absolute Gasteiger partial charge is 0.116 e. The van der Waals surface area contributed by atoms with Crippen molar-refractivity contribution in [2.24, 2.45) is 0 Å². The van der Waals surface area contributed by atoms with E-state index >= 15 is 0 Å². The summed E-state index contributed by atoms with van der Waals surface area (Å²) in [5, 5.41) is 2.07. The van der Waals surface area contributed by atoms with Crippen LogP contribution in [-0.4, -0.2) is 9.97 Å². The van der Waals surface area contributed by atoms with Crippen molar-refractivity contribution in [3.8, 4) is 0 Å². The minimum Gasteiger partial charge on any atom is -0.241 e. The molecule has 13 heavy (non-hydrogen) atoms. The first kappa shape index (κ1) is 8.84. The van der Waals surface area contributed by atoms with E-state index in [2.05, 4.69) is 43.4 Å². The molecule has 2 aromatic heterocycles. The molecule has 0 aliphatic rings. The molecule has 2 nitrogen and oxygen atoms in total. The first-order valence-corrected chi connectivity index (χ1v) is 5.50. The van der Waals surface area contributed by atoms with Gasteiger partial charge in [0, 0.05) is 11.3 Å². The Hall–Kier alpha value is -0.740. The molecule has 0 bridgehead atoms. The van der Waals surface area contributed by atoms with E-state index in [9.17, 15) is 0 Å². The predicted octanol–water partition coefficient (Wildman–Crippen LogP) is 2.89. The fraction of sp³-hybridized carbons (Fsp3) is 0.111. The maximum atomic E-state index is 4.18. The maximum Gasteiger partial charge on any atom is 0.116 e. The van der Waals surface area contributed by atoms with Gasteiger partial charge < -0.3 is 0 Å². The van der Waals surface area contributed by atoms with Gasteiger partial charge in [0.15, 0.2) is 0 Å². The van der Waals surface area contributed by atoms with Crippen molar-refractivity contribution >= 4 is 27.3 Å². The van der Waals surface area contributed by atoms with Crippen molar-refractivity contribution in [3.05, 3.63) is 45.1 Å². The Morgan fingerprint density at radius 3 is 3.00 bits per heavy atom. The van der Waals surface area contributed by atoms with Gasteiger partial charge in [-0.3, -0.25) is 0 Å². The van der Waals surface area contributed by atoms with Gasteiger partial charge in [-0.05, 0) is 33.4 Å². The van der Waals surface area contributed by atoms with Crippen LogP contribution >= 0.6 is 27.3 Å². The van der Waals surface area contributed by atoms with E-state index in [0.29, 0.717) is 0 Å². The van der Waals surface area contributed by atoms with E-state index in [4.69, 9.17) is 0 Å². The zero-order chi connectivity index (χ0) is 9.10. The maximum absolute atomic E-state index is 4.18. The second kappa shape index (κ2) is 3.98. The summed E-state index contributed by atoms with van der Waals surface area (Å²) in [5.41, 5.74) is 1.05. The van der Waals surface area contributed by atoms with E-state index in [-0.39, 0.29) is 0 Å². The molecule has 0 unspecified atom stereocenters. The molecule has 2 rings (SSSR count). The Morgan fingerprint density at radius 2 is 2.31 bits per heavy atom. The van der Waals surface area contributed by atoms with Crippen molar-refractivity contribution in [2.75, 3.05) is 0 Å². The van der Waals surface area contributed by atoms with Crippen LogP contribution in [0.2, 0.25) is 0 Å². The summed E-state index contributed by atoms with van der Waals surface area (Å²) in [7, 11) is 0. The molecule has 0 atom stereocenters. The SMILES string of the molecule is Brc1cc(Cc2cccs2)ncn1. The van der Waals surface area contributed by atoms with E-state index < -0.39 is 0 Å². The lowest BCUT2D eigenvalue weighted by Gasteiger charge is -1.96. The highest BCUT2D eigenvalue weighted by molar-refractivity contribution is 9.10. The van der Waals surface area contributed by atoms with Crippen molar-refractivity contribution in [1.82, 2.24) is 9.97 Å². The van der Waals surface area contributed by atoms with Crippen LogP contribution in [0.5, 0.6) is 0 Å². The third-order valence-corrected chi connectivity index (χ3v) is 2.94. The van der Waals surface area contributed by atoms with Crippen LogP contribution in [0.3, 0.4) is 0 Å². The van der Waals surface area contributed by atoms with Gasteiger partial charge in [-0.1, -0.05) is 6.07 Å². The van der Waals surface area contributed by atoms with Gasteiger partial charge in [0.25, 0.3) is 0 Å². The molecule has 0 amide bonds. The number of thiophene rings is 1. The Morgan fingerprint density at radius 1 is 1.38 bits per heavy atom. The van der Waals surface area contributed by atoms with Crippen LogP contribution in [0.4, 0.5) is 0 Å². The number of halogens is 1. The summed E-state index contributed by atoms with van der Waals surface area (Å²) in [6, 6.07) is 6.11. The van der Waals surface area contributed by atoms with Gasteiger partial charge >= 0.3 is 0 Å². The zero-order valence-electron chi connectivity index (χ0n) is 6.77. The number of hydrogen-bond donors (Lipinski definition) is 0. The van der Waals surface area contributed by atoms with Crippen LogP contribution in [0.15, 0.2) is 34.5 Å². The molecule has 0 saturated heterocycles. The molecule has 2 heterocycles. The minimum absolute atomic E-state index is 0.842. The van der Waals surface area contributed by atoms with Crippen LogP contribution < -0.4 is 0 Å². The van der Waals surface area contributed by atoms with Gasteiger partial charge in [0.05, 0.1) is 5.69 Å². The van der Waals surface area contributed by atoms with Gasteiger partial charge in [-0.2, -0.15) is 0 Å². The van der Waals surface area contributed by atoms with E-state index in [1.165, 1.54) is 4.88 Å². The Balaban J connectivity index is 2.19. The van der Waals surface area contributed by atoms with Crippen molar-refractivity contribution in [3.63, 3.8) is 0 Å². The Labute approximate surface area is 88.8 Å². The quantitative estimate of drug-likeness (QED) is 0.771. The molecule has 66 valence electrons. The van der Waals surface area contributed by atoms with Crippen LogP contribution in [0, 0.1) is 0 Å². The lowest BCUT2D eigenvalue weighted by Crippen LogP contribution is -1.90. The fourth-order valence-corrected chi connectivity index (χ4v) is 2.13. The van der Waals surface area contributed by atoms with Gasteiger partial charge in [-0.25, -0.2) is 9.97 Å². The summed E-state index contributed by atoms with van der Waals surface area (Å²) in [4.78, 5) is 9.48. The summed E-state index contributed by atoms with van der Waals surface area (Å²) < 4.78 is 0.842. The number of aromatic nitrogens is 2. The monoisotopic (exact) mass is 254 g/mol. The first-order valence-electron chi connectivity index (χ1n) is 3.83. The average Bonchev–Trinajstić information content (AvgIpc) is 2.57.